The number of rotatable bonds is 2. The fourth-order valence-corrected chi connectivity index (χ4v) is 1.13. The van der Waals surface area contributed by atoms with Crippen LogP contribution in [0.4, 0.5) is 10.7 Å². The van der Waals surface area contributed by atoms with Crippen LogP contribution in [0, 0.1) is 0 Å². The van der Waals surface area contributed by atoms with Crippen molar-refractivity contribution in [2.75, 3.05) is 12.4 Å². The summed E-state index contributed by atoms with van der Waals surface area (Å²) in [4.78, 5) is 40.0. The van der Waals surface area contributed by atoms with Crippen LogP contribution in [0.5, 0.6) is 0 Å². The third kappa shape index (κ3) is 4.78. The Labute approximate surface area is 109 Å². The molecule has 1 aromatic heterocycles. The van der Waals surface area contributed by atoms with Crippen LogP contribution in [0.3, 0.4) is 0 Å². The van der Waals surface area contributed by atoms with E-state index < -0.39 is 23.2 Å². The molecule has 0 bridgehead atoms. The molecule has 0 aliphatic heterocycles. The molecule has 104 valence electrons. The van der Waals surface area contributed by atoms with Crippen LogP contribution >= 0.6 is 0 Å². The molecule has 8 nitrogen and oxygen atoms in total. The van der Waals surface area contributed by atoms with Crippen molar-refractivity contribution >= 4 is 18.0 Å². The summed E-state index contributed by atoms with van der Waals surface area (Å²) in [7, 11) is 1.16. The van der Waals surface area contributed by atoms with E-state index in [1.165, 1.54) is 0 Å². The number of aromatic amines is 1. The molecule has 0 unspecified atom stereocenters. The summed E-state index contributed by atoms with van der Waals surface area (Å²) in [5.74, 6) is -0.972. The van der Waals surface area contributed by atoms with Crippen molar-refractivity contribution in [3.05, 3.63) is 22.1 Å². The van der Waals surface area contributed by atoms with E-state index in [9.17, 15) is 14.4 Å². The highest BCUT2D eigenvalue weighted by atomic mass is 16.6. The minimum Gasteiger partial charge on any atom is -0.464 e. The summed E-state index contributed by atoms with van der Waals surface area (Å²) in [5, 5.41) is 2.22. The first-order valence-corrected chi connectivity index (χ1v) is 5.41. The fourth-order valence-electron chi connectivity index (χ4n) is 1.13. The summed E-state index contributed by atoms with van der Waals surface area (Å²) < 4.78 is 9.41. The third-order valence-electron chi connectivity index (χ3n) is 1.76. The molecule has 2 N–H and O–H groups in total. The lowest BCUT2D eigenvalue weighted by Crippen LogP contribution is -2.29. The number of nitrogens with zero attached hydrogens (tertiary/aromatic N) is 1. The lowest BCUT2D eigenvalue weighted by atomic mass is 10.2. The molecule has 0 saturated heterocycles. The summed E-state index contributed by atoms with van der Waals surface area (Å²) in [6.45, 7) is 5.06. The highest BCUT2D eigenvalue weighted by Crippen LogP contribution is 2.08. The number of esters is 1. The van der Waals surface area contributed by atoms with E-state index >= 15 is 0 Å². The van der Waals surface area contributed by atoms with Gasteiger partial charge in [0, 0.05) is 6.07 Å². The Hall–Kier alpha value is -2.38. The molecule has 19 heavy (non-hydrogen) atoms. The Kier molecular flexibility index (Phi) is 4.26. The van der Waals surface area contributed by atoms with E-state index in [0.29, 0.717) is 0 Å². The second-order valence-electron chi connectivity index (χ2n) is 4.60. The first kappa shape index (κ1) is 14.7. The summed E-state index contributed by atoms with van der Waals surface area (Å²) in [6, 6.07) is 0.964. The van der Waals surface area contributed by atoms with Crippen LogP contribution in [0.2, 0.25) is 0 Å². The number of ether oxygens (including phenoxy) is 2. The standard InChI is InChI=1S/C11H15N3O5/c1-11(2,3)19-10(17)14-9-12-6(8(16)18-4)5-7(15)13-9/h5H,1-4H3,(H2,12,13,14,15,17). The number of hydrogen-bond donors (Lipinski definition) is 2. The summed E-state index contributed by atoms with van der Waals surface area (Å²) in [6.07, 6.45) is -0.794. The molecule has 0 aliphatic rings. The van der Waals surface area contributed by atoms with Gasteiger partial charge in [-0.2, -0.15) is 0 Å². The first-order chi connectivity index (χ1) is 8.71. The van der Waals surface area contributed by atoms with Crippen molar-refractivity contribution in [3.8, 4) is 0 Å². The van der Waals surface area contributed by atoms with Crippen molar-refractivity contribution in [2.24, 2.45) is 0 Å². The highest BCUT2D eigenvalue weighted by Gasteiger charge is 2.18. The first-order valence-electron chi connectivity index (χ1n) is 5.41. The molecule has 0 radical (unpaired) electrons. The quantitative estimate of drug-likeness (QED) is 0.772. The number of carbonyl (C=O) groups excluding carboxylic acids is 2. The number of carbonyl (C=O) groups is 2. The number of hydrogen-bond acceptors (Lipinski definition) is 6. The maximum absolute atomic E-state index is 11.5. The van der Waals surface area contributed by atoms with Gasteiger partial charge in [0.25, 0.3) is 5.56 Å². The van der Waals surface area contributed by atoms with Gasteiger partial charge >= 0.3 is 12.1 Å². The highest BCUT2D eigenvalue weighted by molar-refractivity contribution is 5.88. The number of anilines is 1. The molecule has 0 aliphatic carbocycles. The van der Waals surface area contributed by atoms with E-state index in [2.05, 4.69) is 20.0 Å². The van der Waals surface area contributed by atoms with E-state index in [1.807, 2.05) is 0 Å². The Morgan fingerprint density at radius 3 is 2.53 bits per heavy atom. The molecule has 0 atom stereocenters. The van der Waals surface area contributed by atoms with Crippen LogP contribution < -0.4 is 10.9 Å². The summed E-state index contributed by atoms with van der Waals surface area (Å²) in [5.41, 5.74) is -1.50. The van der Waals surface area contributed by atoms with Crippen molar-refractivity contribution in [1.29, 1.82) is 0 Å². The molecule has 8 heteroatoms. The molecule has 1 heterocycles. The number of nitrogens with one attached hydrogen (secondary N) is 2. The molecular weight excluding hydrogens is 254 g/mol. The van der Waals surface area contributed by atoms with Gasteiger partial charge in [-0.15, -0.1) is 0 Å². The van der Waals surface area contributed by atoms with Crippen LogP contribution in [0.25, 0.3) is 0 Å². The second-order valence-corrected chi connectivity index (χ2v) is 4.60. The fraction of sp³-hybridized carbons (Fsp3) is 0.455. The average molecular weight is 269 g/mol. The number of methoxy groups -OCH3 is 1. The Bertz CT molecular complexity index is 544. The maximum atomic E-state index is 11.5. The monoisotopic (exact) mass is 269 g/mol. The van der Waals surface area contributed by atoms with Gasteiger partial charge in [0.15, 0.2) is 5.69 Å². The predicted octanol–water partition coefficient (Wildman–Crippen LogP) is 0.903. The van der Waals surface area contributed by atoms with E-state index in [0.717, 1.165) is 13.2 Å². The van der Waals surface area contributed by atoms with Crippen LogP contribution in [0.15, 0.2) is 10.9 Å². The Balaban J connectivity index is 2.90. The Morgan fingerprint density at radius 2 is 2.00 bits per heavy atom. The van der Waals surface area contributed by atoms with E-state index in [4.69, 9.17) is 4.74 Å². The number of aromatic nitrogens is 2. The minimum absolute atomic E-state index is 0.192. The number of H-pyrrole nitrogens is 1. The average Bonchev–Trinajstić information content (AvgIpc) is 2.24. The van der Waals surface area contributed by atoms with Gasteiger partial charge in [-0.3, -0.25) is 15.1 Å². The predicted molar refractivity (Wildman–Crippen MR) is 66.1 cm³/mol. The Morgan fingerprint density at radius 1 is 1.37 bits per heavy atom. The minimum atomic E-state index is -0.794. The smallest absolute Gasteiger partial charge is 0.414 e. The van der Waals surface area contributed by atoms with E-state index in [-0.39, 0.29) is 11.6 Å². The van der Waals surface area contributed by atoms with Gasteiger partial charge in [-0.25, -0.2) is 14.6 Å². The molecule has 1 amide bonds. The van der Waals surface area contributed by atoms with Gasteiger partial charge in [0.1, 0.15) is 5.60 Å². The molecule has 0 spiro atoms. The van der Waals surface area contributed by atoms with Crippen molar-refractivity contribution in [3.63, 3.8) is 0 Å². The number of amides is 1. The second kappa shape index (κ2) is 5.51. The molecular formula is C11H15N3O5. The van der Waals surface area contributed by atoms with Crippen molar-refractivity contribution in [1.82, 2.24) is 9.97 Å². The van der Waals surface area contributed by atoms with Gasteiger partial charge < -0.3 is 9.47 Å². The largest absolute Gasteiger partial charge is 0.464 e. The van der Waals surface area contributed by atoms with Crippen LogP contribution in [-0.2, 0) is 9.47 Å². The molecule has 0 aromatic carbocycles. The molecule has 0 saturated carbocycles. The van der Waals surface area contributed by atoms with Gasteiger partial charge in [-0.1, -0.05) is 0 Å². The molecule has 1 rings (SSSR count). The SMILES string of the molecule is COC(=O)c1cc(=O)[nH]c(NC(=O)OC(C)(C)C)n1. The van der Waals surface area contributed by atoms with Gasteiger partial charge in [0.2, 0.25) is 5.95 Å². The topological polar surface area (TPSA) is 110 Å². The van der Waals surface area contributed by atoms with Gasteiger partial charge in [-0.05, 0) is 20.8 Å². The van der Waals surface area contributed by atoms with E-state index in [1.54, 1.807) is 20.8 Å². The van der Waals surface area contributed by atoms with Crippen LogP contribution in [0.1, 0.15) is 31.3 Å². The molecule has 1 aromatic rings. The van der Waals surface area contributed by atoms with Gasteiger partial charge in [0.05, 0.1) is 7.11 Å². The zero-order valence-electron chi connectivity index (χ0n) is 11.1. The third-order valence-corrected chi connectivity index (χ3v) is 1.76. The summed E-state index contributed by atoms with van der Waals surface area (Å²) >= 11 is 0. The zero-order chi connectivity index (χ0) is 14.6. The molecule has 0 fully saturated rings. The zero-order valence-corrected chi connectivity index (χ0v) is 11.1. The normalized spacial score (nSPS) is 10.7. The van der Waals surface area contributed by atoms with Crippen molar-refractivity contribution in [2.45, 2.75) is 26.4 Å². The maximum Gasteiger partial charge on any atom is 0.414 e. The lowest BCUT2D eigenvalue weighted by Gasteiger charge is -2.19. The lowest BCUT2D eigenvalue weighted by molar-refractivity contribution is 0.0588. The van der Waals surface area contributed by atoms with Crippen LogP contribution in [-0.4, -0.2) is 34.7 Å². The van der Waals surface area contributed by atoms with Crippen molar-refractivity contribution < 1.29 is 19.1 Å².